The van der Waals surface area contributed by atoms with E-state index in [0.717, 1.165) is 16.8 Å². The number of halogens is 1. The van der Waals surface area contributed by atoms with Crippen LogP contribution < -0.4 is 10.1 Å². The molecule has 1 aromatic carbocycles. The van der Waals surface area contributed by atoms with Crippen LogP contribution in [-0.2, 0) is 6.54 Å². The van der Waals surface area contributed by atoms with Gasteiger partial charge in [-0.05, 0) is 74.7 Å². The smallest absolute Gasteiger partial charge is 0.133 e. The van der Waals surface area contributed by atoms with Crippen molar-refractivity contribution >= 4 is 15.9 Å². The normalized spacial score (nSPS) is 12.0. The third kappa shape index (κ3) is 6.97. The van der Waals surface area contributed by atoms with Crippen molar-refractivity contribution in [3.8, 4) is 11.8 Å². The minimum Gasteiger partial charge on any atom is -0.492 e. The number of hydrogen-bond donors (Lipinski definition) is 1. The van der Waals surface area contributed by atoms with Crippen LogP contribution >= 0.6 is 15.9 Å². The van der Waals surface area contributed by atoms with Gasteiger partial charge in [0.1, 0.15) is 5.75 Å². The van der Waals surface area contributed by atoms with Crippen LogP contribution in [0.25, 0.3) is 0 Å². The Morgan fingerprint density at radius 2 is 1.90 bits per heavy atom. The van der Waals surface area contributed by atoms with Crippen LogP contribution in [0, 0.1) is 16.7 Å². The van der Waals surface area contributed by atoms with Crippen molar-refractivity contribution in [3.05, 3.63) is 28.2 Å². The number of benzene rings is 1. The minimum atomic E-state index is -0.344. The molecule has 4 heteroatoms. The summed E-state index contributed by atoms with van der Waals surface area (Å²) in [4.78, 5) is 0. The molecule has 0 bridgehead atoms. The lowest BCUT2D eigenvalue weighted by molar-refractivity contribution is 0.263. The van der Waals surface area contributed by atoms with Crippen LogP contribution in [0.5, 0.6) is 5.75 Å². The maximum Gasteiger partial charge on any atom is 0.133 e. The van der Waals surface area contributed by atoms with Gasteiger partial charge in [0, 0.05) is 12.1 Å². The fraction of sp³-hybridized carbons (Fsp3) is 0.588. The summed E-state index contributed by atoms with van der Waals surface area (Å²) in [6, 6.07) is 8.39. The van der Waals surface area contributed by atoms with Gasteiger partial charge in [-0.25, -0.2) is 0 Å². The first-order valence-corrected chi connectivity index (χ1v) is 8.00. The number of nitriles is 1. The van der Waals surface area contributed by atoms with Gasteiger partial charge in [0.2, 0.25) is 0 Å². The average molecular weight is 353 g/mol. The number of rotatable bonds is 6. The Labute approximate surface area is 136 Å². The Morgan fingerprint density at radius 1 is 1.24 bits per heavy atom. The average Bonchev–Trinajstić information content (AvgIpc) is 2.38. The van der Waals surface area contributed by atoms with Crippen LogP contribution in [-0.4, -0.2) is 12.1 Å². The zero-order valence-electron chi connectivity index (χ0n) is 13.6. The number of nitrogens with one attached hydrogen (secondary N) is 1. The summed E-state index contributed by atoms with van der Waals surface area (Å²) in [5, 5.41) is 12.4. The summed E-state index contributed by atoms with van der Waals surface area (Å²) in [6.07, 6.45) is 0.712. The third-order valence-corrected chi connectivity index (χ3v) is 3.73. The van der Waals surface area contributed by atoms with Gasteiger partial charge in [0.05, 0.1) is 22.6 Å². The van der Waals surface area contributed by atoms with E-state index < -0.39 is 0 Å². The van der Waals surface area contributed by atoms with Crippen molar-refractivity contribution in [2.45, 2.75) is 53.1 Å². The van der Waals surface area contributed by atoms with Crippen molar-refractivity contribution in [3.63, 3.8) is 0 Å². The molecule has 1 N–H and O–H groups in total. The third-order valence-electron chi connectivity index (χ3n) is 3.11. The van der Waals surface area contributed by atoms with Gasteiger partial charge in [0.15, 0.2) is 0 Å². The molecular formula is C17H25BrN2O. The molecule has 0 spiro atoms. The van der Waals surface area contributed by atoms with Gasteiger partial charge in [-0.1, -0.05) is 6.07 Å². The van der Waals surface area contributed by atoms with Crippen molar-refractivity contribution in [2.24, 2.45) is 5.41 Å². The molecule has 0 radical (unpaired) electrons. The lowest BCUT2D eigenvalue weighted by atomic mass is 9.92. The van der Waals surface area contributed by atoms with E-state index in [-0.39, 0.29) is 11.0 Å². The van der Waals surface area contributed by atoms with E-state index in [2.05, 4.69) is 60.2 Å². The molecule has 0 fully saturated rings. The topological polar surface area (TPSA) is 45.0 Å². The Hall–Kier alpha value is -1.05. The van der Waals surface area contributed by atoms with E-state index in [1.54, 1.807) is 0 Å². The summed E-state index contributed by atoms with van der Waals surface area (Å²) in [5.74, 6) is 0.822. The van der Waals surface area contributed by atoms with Crippen molar-refractivity contribution in [1.29, 1.82) is 5.26 Å². The van der Waals surface area contributed by atoms with Gasteiger partial charge in [-0.15, -0.1) is 0 Å². The highest BCUT2D eigenvalue weighted by Crippen LogP contribution is 2.27. The molecule has 21 heavy (non-hydrogen) atoms. The molecular weight excluding hydrogens is 328 g/mol. The molecule has 0 atom stereocenters. The second kappa shape index (κ2) is 7.29. The molecule has 1 rings (SSSR count). The molecule has 0 aliphatic carbocycles. The second-order valence-corrected chi connectivity index (χ2v) is 7.82. The van der Waals surface area contributed by atoms with Gasteiger partial charge in [0.25, 0.3) is 0 Å². The predicted molar refractivity (Wildman–Crippen MR) is 90.2 cm³/mol. The molecule has 0 aromatic heterocycles. The SMILES string of the molecule is CC(C)(C#N)CCOc1ccc(CNC(C)(C)C)cc1Br. The predicted octanol–water partition coefficient (Wildman–Crippen LogP) is 4.66. The molecule has 0 amide bonds. The summed E-state index contributed by atoms with van der Waals surface area (Å²) >= 11 is 3.55. The van der Waals surface area contributed by atoms with E-state index in [1.807, 2.05) is 19.9 Å². The monoisotopic (exact) mass is 352 g/mol. The van der Waals surface area contributed by atoms with Crippen molar-refractivity contribution in [2.75, 3.05) is 6.61 Å². The molecule has 0 unspecified atom stereocenters. The van der Waals surface area contributed by atoms with Crippen LogP contribution in [0.4, 0.5) is 0 Å². The number of hydrogen-bond acceptors (Lipinski definition) is 3. The number of ether oxygens (including phenoxy) is 1. The van der Waals surface area contributed by atoms with E-state index in [1.165, 1.54) is 5.56 Å². The fourth-order valence-electron chi connectivity index (χ4n) is 1.61. The number of nitrogens with zero attached hydrogens (tertiary/aromatic N) is 1. The molecule has 0 saturated carbocycles. The molecule has 1 aromatic rings. The van der Waals surface area contributed by atoms with E-state index in [4.69, 9.17) is 10.00 Å². The van der Waals surface area contributed by atoms with Gasteiger partial charge >= 0.3 is 0 Å². The van der Waals surface area contributed by atoms with Crippen LogP contribution in [0.3, 0.4) is 0 Å². The molecule has 0 saturated heterocycles. The van der Waals surface area contributed by atoms with Crippen molar-refractivity contribution in [1.82, 2.24) is 5.32 Å². The largest absolute Gasteiger partial charge is 0.492 e. The van der Waals surface area contributed by atoms with Crippen LogP contribution in [0.1, 0.15) is 46.6 Å². The maximum atomic E-state index is 8.99. The van der Waals surface area contributed by atoms with Crippen LogP contribution in [0.15, 0.2) is 22.7 Å². The summed E-state index contributed by atoms with van der Waals surface area (Å²) in [5.41, 5.74) is 0.967. The first kappa shape index (κ1) is 18.0. The second-order valence-electron chi connectivity index (χ2n) is 6.96. The van der Waals surface area contributed by atoms with E-state index in [0.29, 0.717) is 13.0 Å². The Morgan fingerprint density at radius 3 is 2.43 bits per heavy atom. The van der Waals surface area contributed by atoms with Crippen molar-refractivity contribution < 1.29 is 4.74 Å². The lowest BCUT2D eigenvalue weighted by Gasteiger charge is -2.21. The highest BCUT2D eigenvalue weighted by Gasteiger charge is 2.16. The summed E-state index contributed by atoms with van der Waals surface area (Å²) in [6.45, 7) is 11.7. The first-order valence-electron chi connectivity index (χ1n) is 7.20. The van der Waals surface area contributed by atoms with Gasteiger partial charge < -0.3 is 10.1 Å². The van der Waals surface area contributed by atoms with Crippen LogP contribution in [0.2, 0.25) is 0 Å². The van der Waals surface area contributed by atoms with E-state index >= 15 is 0 Å². The van der Waals surface area contributed by atoms with Gasteiger partial charge in [-0.3, -0.25) is 0 Å². The molecule has 116 valence electrons. The molecule has 0 aliphatic rings. The highest BCUT2D eigenvalue weighted by molar-refractivity contribution is 9.10. The maximum absolute atomic E-state index is 8.99. The highest BCUT2D eigenvalue weighted by atomic mass is 79.9. The fourth-order valence-corrected chi connectivity index (χ4v) is 2.15. The molecule has 0 heterocycles. The zero-order chi connectivity index (χ0) is 16.1. The standard InChI is InChI=1S/C17H25BrN2O/c1-16(2,3)20-11-13-6-7-15(14(18)10-13)21-9-8-17(4,5)12-19/h6-7,10,20H,8-9,11H2,1-5H3. The lowest BCUT2D eigenvalue weighted by Crippen LogP contribution is -2.35. The summed E-state index contributed by atoms with van der Waals surface area (Å²) < 4.78 is 6.71. The minimum absolute atomic E-state index is 0.102. The zero-order valence-corrected chi connectivity index (χ0v) is 15.2. The first-order chi connectivity index (χ1) is 9.63. The Kier molecular flexibility index (Phi) is 6.24. The molecule has 0 aliphatic heterocycles. The van der Waals surface area contributed by atoms with Gasteiger partial charge in [-0.2, -0.15) is 5.26 Å². The Balaban J connectivity index is 2.57. The summed E-state index contributed by atoms with van der Waals surface area (Å²) in [7, 11) is 0. The quantitative estimate of drug-likeness (QED) is 0.809. The van der Waals surface area contributed by atoms with E-state index in [9.17, 15) is 0 Å². The Bertz CT molecular complexity index is 513. The molecule has 3 nitrogen and oxygen atoms in total.